The fraction of sp³-hybridized carbons (Fsp3) is 0. The van der Waals surface area contributed by atoms with Crippen molar-refractivity contribution in [3.05, 3.63) is 58.5 Å². The van der Waals surface area contributed by atoms with E-state index in [4.69, 9.17) is 0 Å². The first-order chi connectivity index (χ1) is 9.25. The molecular formula is C15H9FN2O. The van der Waals surface area contributed by atoms with E-state index >= 15 is 0 Å². The molecule has 0 aliphatic heterocycles. The minimum Gasteiger partial charge on any atom is -0.352 e. The normalized spacial score (nSPS) is 11.6. The molecule has 0 spiro atoms. The summed E-state index contributed by atoms with van der Waals surface area (Å²) < 4.78 is 13.9. The van der Waals surface area contributed by atoms with E-state index in [1.54, 1.807) is 18.2 Å². The number of H-pyrrole nitrogens is 2. The summed E-state index contributed by atoms with van der Waals surface area (Å²) in [5, 5.41) is 1.03. The maximum atomic E-state index is 13.9. The Morgan fingerprint density at radius 1 is 0.842 bits per heavy atom. The van der Waals surface area contributed by atoms with E-state index in [1.807, 2.05) is 18.2 Å². The molecule has 2 N–H and O–H groups in total. The summed E-state index contributed by atoms with van der Waals surface area (Å²) in [4.78, 5) is 18.5. The Kier molecular flexibility index (Phi) is 1.87. The van der Waals surface area contributed by atoms with Gasteiger partial charge in [0.25, 0.3) is 0 Å². The summed E-state index contributed by atoms with van der Waals surface area (Å²) in [6.07, 6.45) is 0. The molecule has 0 aliphatic rings. The lowest BCUT2D eigenvalue weighted by atomic mass is 10.1. The molecule has 19 heavy (non-hydrogen) atoms. The van der Waals surface area contributed by atoms with Crippen LogP contribution in [0.15, 0.2) is 47.3 Å². The molecule has 4 aromatic rings. The number of aromatic nitrogens is 2. The van der Waals surface area contributed by atoms with Crippen molar-refractivity contribution in [2.75, 3.05) is 0 Å². The molecule has 0 saturated heterocycles. The molecular weight excluding hydrogens is 243 g/mol. The summed E-state index contributed by atoms with van der Waals surface area (Å²) >= 11 is 0. The molecule has 0 bridgehead atoms. The Morgan fingerprint density at radius 3 is 2.47 bits per heavy atom. The zero-order chi connectivity index (χ0) is 13.0. The van der Waals surface area contributed by atoms with E-state index in [-0.39, 0.29) is 11.2 Å². The van der Waals surface area contributed by atoms with E-state index in [0.717, 1.165) is 0 Å². The highest BCUT2D eigenvalue weighted by Crippen LogP contribution is 2.25. The number of nitrogens with one attached hydrogen (secondary N) is 2. The molecule has 3 nitrogen and oxygen atoms in total. The van der Waals surface area contributed by atoms with Crippen molar-refractivity contribution in [1.29, 1.82) is 0 Å². The average molecular weight is 252 g/mol. The Labute approximate surface area is 106 Å². The van der Waals surface area contributed by atoms with Crippen LogP contribution in [0.1, 0.15) is 0 Å². The highest BCUT2D eigenvalue weighted by atomic mass is 19.1. The van der Waals surface area contributed by atoms with Crippen molar-refractivity contribution in [3.8, 4) is 0 Å². The molecule has 0 radical (unpaired) electrons. The highest BCUT2D eigenvalue weighted by Gasteiger charge is 2.13. The van der Waals surface area contributed by atoms with Crippen molar-refractivity contribution in [2.45, 2.75) is 0 Å². The number of halogens is 1. The number of aromatic amines is 2. The zero-order valence-electron chi connectivity index (χ0n) is 9.83. The van der Waals surface area contributed by atoms with Gasteiger partial charge in [-0.3, -0.25) is 4.79 Å². The maximum Gasteiger partial charge on any atom is 0.213 e. The molecule has 0 aliphatic carbocycles. The second-order valence-electron chi connectivity index (χ2n) is 4.54. The summed E-state index contributed by atoms with van der Waals surface area (Å²) in [7, 11) is 0. The van der Waals surface area contributed by atoms with Crippen molar-refractivity contribution < 1.29 is 4.39 Å². The summed E-state index contributed by atoms with van der Waals surface area (Å²) in [6, 6.07) is 12.0. The lowest BCUT2D eigenvalue weighted by Crippen LogP contribution is -2.03. The van der Waals surface area contributed by atoms with E-state index in [1.165, 1.54) is 6.07 Å². The maximum absolute atomic E-state index is 13.9. The predicted octanol–water partition coefficient (Wildman–Crippen LogP) is 3.30. The number of pyridine rings is 1. The highest BCUT2D eigenvalue weighted by molar-refractivity contribution is 6.08. The molecule has 0 unspecified atom stereocenters. The lowest BCUT2D eigenvalue weighted by Gasteiger charge is -1.98. The number of rotatable bonds is 0. The second kappa shape index (κ2) is 3.45. The predicted molar refractivity (Wildman–Crippen MR) is 73.9 cm³/mol. The summed E-state index contributed by atoms with van der Waals surface area (Å²) in [6.45, 7) is 0. The molecule has 4 rings (SSSR count). The van der Waals surface area contributed by atoms with Gasteiger partial charge in [-0.05, 0) is 24.3 Å². The number of hydrogen-bond donors (Lipinski definition) is 2. The fourth-order valence-corrected chi connectivity index (χ4v) is 2.56. The van der Waals surface area contributed by atoms with Gasteiger partial charge in [-0.25, -0.2) is 4.39 Å². The van der Waals surface area contributed by atoms with Crippen LogP contribution in [0.3, 0.4) is 0 Å². The van der Waals surface area contributed by atoms with Crippen molar-refractivity contribution in [2.24, 2.45) is 0 Å². The smallest absolute Gasteiger partial charge is 0.213 e. The lowest BCUT2D eigenvalue weighted by molar-refractivity contribution is 0.640. The zero-order valence-corrected chi connectivity index (χ0v) is 9.83. The van der Waals surface area contributed by atoms with Crippen molar-refractivity contribution >= 4 is 32.8 Å². The molecule has 0 saturated carbocycles. The molecule has 0 atom stereocenters. The third kappa shape index (κ3) is 1.28. The second-order valence-corrected chi connectivity index (χ2v) is 4.54. The Balaban J connectivity index is 2.38. The van der Waals surface area contributed by atoms with Gasteiger partial charge in [0.1, 0.15) is 11.3 Å². The molecule has 2 aromatic heterocycles. The van der Waals surface area contributed by atoms with Crippen LogP contribution in [0.4, 0.5) is 4.39 Å². The Hall–Kier alpha value is -2.62. The van der Waals surface area contributed by atoms with Crippen LogP contribution >= 0.6 is 0 Å². The molecule has 2 heterocycles. The first kappa shape index (κ1) is 10.3. The van der Waals surface area contributed by atoms with Gasteiger partial charge in [0, 0.05) is 10.9 Å². The Bertz CT molecular complexity index is 997. The van der Waals surface area contributed by atoms with Crippen LogP contribution in [0.25, 0.3) is 32.8 Å². The van der Waals surface area contributed by atoms with Gasteiger partial charge in [0.2, 0.25) is 5.43 Å². The van der Waals surface area contributed by atoms with Gasteiger partial charge < -0.3 is 9.97 Å². The molecule has 2 aromatic carbocycles. The Morgan fingerprint density at radius 2 is 1.58 bits per heavy atom. The van der Waals surface area contributed by atoms with Crippen LogP contribution < -0.4 is 5.43 Å². The topological polar surface area (TPSA) is 48.6 Å². The average Bonchev–Trinajstić information content (AvgIpc) is 2.79. The molecule has 0 fully saturated rings. The van der Waals surface area contributed by atoms with Gasteiger partial charge in [-0.1, -0.05) is 18.2 Å². The number of hydrogen-bond acceptors (Lipinski definition) is 1. The van der Waals surface area contributed by atoms with Gasteiger partial charge in [0.15, 0.2) is 0 Å². The van der Waals surface area contributed by atoms with E-state index in [9.17, 15) is 9.18 Å². The van der Waals surface area contributed by atoms with Gasteiger partial charge in [0.05, 0.1) is 16.4 Å². The minimum atomic E-state index is -0.338. The molecule has 0 amide bonds. The van der Waals surface area contributed by atoms with Crippen molar-refractivity contribution in [1.82, 2.24) is 9.97 Å². The van der Waals surface area contributed by atoms with E-state index in [0.29, 0.717) is 32.8 Å². The molecule has 4 heteroatoms. The third-order valence-electron chi connectivity index (χ3n) is 3.43. The van der Waals surface area contributed by atoms with Gasteiger partial charge in [-0.2, -0.15) is 0 Å². The van der Waals surface area contributed by atoms with Gasteiger partial charge in [-0.15, -0.1) is 0 Å². The SMILES string of the molecule is O=c1c2ccccc2[nH]c2c1[nH]c1cccc(F)c12. The summed E-state index contributed by atoms with van der Waals surface area (Å²) in [5.41, 5.74) is 2.17. The first-order valence-electron chi connectivity index (χ1n) is 5.96. The molecule has 92 valence electrons. The van der Waals surface area contributed by atoms with Crippen LogP contribution in [-0.4, -0.2) is 9.97 Å². The van der Waals surface area contributed by atoms with Crippen LogP contribution in [0.5, 0.6) is 0 Å². The quantitative estimate of drug-likeness (QED) is 0.495. The van der Waals surface area contributed by atoms with E-state index in [2.05, 4.69) is 9.97 Å². The first-order valence-corrected chi connectivity index (χ1v) is 5.96. The number of benzene rings is 2. The largest absolute Gasteiger partial charge is 0.352 e. The number of fused-ring (bicyclic) bond motifs is 4. The van der Waals surface area contributed by atoms with Gasteiger partial charge >= 0.3 is 0 Å². The van der Waals surface area contributed by atoms with Crippen LogP contribution in [0.2, 0.25) is 0 Å². The van der Waals surface area contributed by atoms with Crippen LogP contribution in [0, 0.1) is 5.82 Å². The number of para-hydroxylation sites is 1. The van der Waals surface area contributed by atoms with Crippen LogP contribution in [-0.2, 0) is 0 Å². The van der Waals surface area contributed by atoms with E-state index < -0.39 is 0 Å². The summed E-state index contributed by atoms with van der Waals surface area (Å²) in [5.74, 6) is -0.338. The monoisotopic (exact) mass is 252 g/mol. The standard InChI is InChI=1S/C15H9FN2O/c16-9-5-3-7-11-12(9)13-14(18-11)15(19)8-4-1-2-6-10(8)17-13/h1-7,18H,(H,17,19). The fourth-order valence-electron chi connectivity index (χ4n) is 2.56. The third-order valence-corrected chi connectivity index (χ3v) is 3.43. The van der Waals surface area contributed by atoms with Crippen molar-refractivity contribution in [3.63, 3.8) is 0 Å². The minimum absolute atomic E-state index is 0.111.